The fourth-order valence-electron chi connectivity index (χ4n) is 2.80. The summed E-state index contributed by atoms with van der Waals surface area (Å²) in [5.41, 5.74) is 0. The van der Waals surface area contributed by atoms with Crippen LogP contribution in [0.4, 0.5) is 0 Å². The van der Waals surface area contributed by atoms with Gasteiger partial charge >= 0.3 is 5.97 Å². The third-order valence-corrected chi connectivity index (χ3v) is 3.94. The number of aliphatic carboxylic acids is 1. The minimum Gasteiger partial charge on any atom is -0.481 e. The monoisotopic (exact) mass is 294 g/mol. The average Bonchev–Trinajstić information content (AvgIpc) is 2.84. The molecule has 1 saturated carbocycles. The Morgan fingerprint density at radius 2 is 2.10 bits per heavy atom. The van der Waals surface area contributed by atoms with Gasteiger partial charge in [0.15, 0.2) is 0 Å². The maximum absolute atomic E-state index is 12.0. The lowest BCUT2D eigenvalue weighted by Crippen LogP contribution is -2.42. The summed E-state index contributed by atoms with van der Waals surface area (Å²) in [4.78, 5) is 27.1. The zero-order valence-corrected chi connectivity index (χ0v) is 12.1. The molecule has 0 aliphatic heterocycles. The van der Waals surface area contributed by atoms with Crippen molar-refractivity contribution < 1.29 is 14.7 Å². The van der Waals surface area contributed by atoms with Gasteiger partial charge in [0.1, 0.15) is 12.7 Å². The van der Waals surface area contributed by atoms with E-state index in [0.717, 1.165) is 25.7 Å². The largest absolute Gasteiger partial charge is 0.481 e. The second-order valence-electron chi connectivity index (χ2n) is 5.52. The number of hydrogen-bond acceptors (Lipinski definition) is 4. The highest BCUT2D eigenvalue weighted by atomic mass is 16.4. The molecule has 7 heteroatoms. The van der Waals surface area contributed by atoms with Crippen molar-refractivity contribution in [3.05, 3.63) is 12.7 Å². The maximum Gasteiger partial charge on any atom is 0.308 e. The molecule has 0 spiro atoms. The molecule has 1 amide bonds. The van der Waals surface area contributed by atoms with E-state index in [1.165, 1.54) is 6.33 Å². The molecule has 1 aliphatic rings. The number of nitrogens with one attached hydrogen (secondary N) is 1. The van der Waals surface area contributed by atoms with Crippen molar-refractivity contribution in [2.24, 2.45) is 5.92 Å². The molecular weight excluding hydrogens is 272 g/mol. The van der Waals surface area contributed by atoms with E-state index in [0.29, 0.717) is 25.8 Å². The maximum atomic E-state index is 12.0. The smallest absolute Gasteiger partial charge is 0.308 e. The van der Waals surface area contributed by atoms with Gasteiger partial charge in [-0.25, -0.2) is 4.98 Å². The molecule has 1 fully saturated rings. The Kier molecular flexibility index (Phi) is 5.71. The van der Waals surface area contributed by atoms with Gasteiger partial charge in [-0.2, -0.15) is 5.10 Å². The van der Waals surface area contributed by atoms with Crippen molar-refractivity contribution in [2.45, 2.75) is 57.5 Å². The lowest BCUT2D eigenvalue weighted by atomic mass is 9.94. The number of hydrogen-bond donors (Lipinski definition) is 2. The molecule has 116 valence electrons. The first-order chi connectivity index (χ1) is 10.2. The number of carboxylic acids is 1. The van der Waals surface area contributed by atoms with Gasteiger partial charge in [0.05, 0.1) is 5.92 Å². The van der Waals surface area contributed by atoms with Crippen molar-refractivity contribution in [2.75, 3.05) is 0 Å². The van der Waals surface area contributed by atoms with Gasteiger partial charge in [0, 0.05) is 19.0 Å². The molecule has 2 N–H and O–H groups in total. The van der Waals surface area contributed by atoms with E-state index in [1.54, 1.807) is 11.0 Å². The topological polar surface area (TPSA) is 97.1 Å². The van der Waals surface area contributed by atoms with E-state index < -0.39 is 11.9 Å². The molecule has 0 aromatic carbocycles. The molecule has 0 radical (unpaired) electrons. The first kappa shape index (κ1) is 15.5. The lowest BCUT2D eigenvalue weighted by Gasteiger charge is -2.22. The van der Waals surface area contributed by atoms with Crippen LogP contribution in [0.1, 0.15) is 44.9 Å². The van der Waals surface area contributed by atoms with Gasteiger partial charge < -0.3 is 10.4 Å². The van der Waals surface area contributed by atoms with Gasteiger partial charge in [-0.15, -0.1) is 0 Å². The van der Waals surface area contributed by atoms with Crippen LogP contribution in [0.15, 0.2) is 12.7 Å². The molecule has 0 unspecified atom stereocenters. The highest BCUT2D eigenvalue weighted by Gasteiger charge is 2.30. The third-order valence-electron chi connectivity index (χ3n) is 3.94. The first-order valence-electron chi connectivity index (χ1n) is 7.51. The van der Waals surface area contributed by atoms with Crippen LogP contribution in [0.2, 0.25) is 0 Å². The Balaban J connectivity index is 1.77. The Hall–Kier alpha value is -1.92. The second kappa shape index (κ2) is 7.75. The van der Waals surface area contributed by atoms with Crippen LogP contribution >= 0.6 is 0 Å². The summed E-state index contributed by atoms with van der Waals surface area (Å²) in [5.74, 6) is -1.33. The van der Waals surface area contributed by atoms with Gasteiger partial charge in [-0.05, 0) is 19.3 Å². The van der Waals surface area contributed by atoms with Crippen molar-refractivity contribution >= 4 is 11.9 Å². The Labute approximate surface area is 123 Å². The molecule has 2 rings (SSSR count). The summed E-state index contributed by atoms with van der Waals surface area (Å²) >= 11 is 0. The molecule has 1 aromatic rings. The number of aromatic nitrogens is 3. The van der Waals surface area contributed by atoms with Gasteiger partial charge in [-0.1, -0.05) is 19.3 Å². The van der Waals surface area contributed by atoms with Crippen LogP contribution in [0, 0.1) is 5.92 Å². The fourth-order valence-corrected chi connectivity index (χ4v) is 2.80. The number of aryl methyl sites for hydroxylation is 1. The second-order valence-corrected chi connectivity index (χ2v) is 5.52. The van der Waals surface area contributed by atoms with Crippen LogP contribution in [-0.4, -0.2) is 37.8 Å². The van der Waals surface area contributed by atoms with E-state index in [-0.39, 0.29) is 11.9 Å². The number of carbonyl (C=O) groups excluding carboxylic acids is 1. The summed E-state index contributed by atoms with van der Waals surface area (Å²) in [5, 5.41) is 16.2. The average molecular weight is 294 g/mol. The highest BCUT2D eigenvalue weighted by Crippen LogP contribution is 2.24. The number of carbonyl (C=O) groups is 2. The number of rotatable bonds is 6. The predicted octanol–water partition coefficient (Wildman–Crippen LogP) is 1.21. The van der Waals surface area contributed by atoms with Crippen molar-refractivity contribution in [1.82, 2.24) is 20.1 Å². The SMILES string of the molecule is O=C(CCCn1cncn1)N[C@H]1CCCCC[C@@H]1C(=O)O. The summed E-state index contributed by atoms with van der Waals surface area (Å²) in [7, 11) is 0. The van der Waals surface area contributed by atoms with Crippen LogP contribution in [0.5, 0.6) is 0 Å². The number of nitrogens with zero attached hydrogens (tertiary/aromatic N) is 3. The van der Waals surface area contributed by atoms with Crippen LogP contribution in [0.25, 0.3) is 0 Å². The van der Waals surface area contributed by atoms with Crippen LogP contribution in [-0.2, 0) is 16.1 Å². The molecule has 1 aliphatic carbocycles. The molecule has 1 heterocycles. The Bertz CT molecular complexity index is 461. The molecule has 21 heavy (non-hydrogen) atoms. The van der Waals surface area contributed by atoms with E-state index in [2.05, 4.69) is 15.4 Å². The van der Waals surface area contributed by atoms with E-state index >= 15 is 0 Å². The van der Waals surface area contributed by atoms with Crippen LogP contribution < -0.4 is 5.32 Å². The van der Waals surface area contributed by atoms with Crippen LogP contribution in [0.3, 0.4) is 0 Å². The normalized spacial score (nSPS) is 22.5. The summed E-state index contributed by atoms with van der Waals surface area (Å²) in [6.45, 7) is 0.639. The van der Waals surface area contributed by atoms with Gasteiger partial charge in [0.25, 0.3) is 0 Å². The van der Waals surface area contributed by atoms with Crippen molar-refractivity contribution in [3.63, 3.8) is 0 Å². The van der Waals surface area contributed by atoms with E-state index in [1.807, 2.05) is 0 Å². The van der Waals surface area contributed by atoms with Gasteiger partial charge in [0.2, 0.25) is 5.91 Å². The minimum atomic E-state index is -0.801. The summed E-state index contributed by atoms with van der Waals surface area (Å²) < 4.78 is 1.68. The quantitative estimate of drug-likeness (QED) is 0.769. The fraction of sp³-hybridized carbons (Fsp3) is 0.714. The molecule has 7 nitrogen and oxygen atoms in total. The zero-order chi connectivity index (χ0) is 15.1. The predicted molar refractivity (Wildman–Crippen MR) is 75.4 cm³/mol. The molecule has 1 aromatic heterocycles. The highest BCUT2D eigenvalue weighted by molar-refractivity contribution is 5.78. The Morgan fingerprint density at radius 1 is 1.29 bits per heavy atom. The van der Waals surface area contributed by atoms with Crippen molar-refractivity contribution in [3.8, 4) is 0 Å². The number of carboxylic acid groups (broad SMARTS) is 1. The summed E-state index contributed by atoms with van der Waals surface area (Å²) in [6, 6.07) is -0.233. The zero-order valence-electron chi connectivity index (χ0n) is 12.1. The summed E-state index contributed by atoms with van der Waals surface area (Å²) in [6.07, 6.45) is 8.48. The lowest BCUT2D eigenvalue weighted by molar-refractivity contribution is -0.143. The van der Waals surface area contributed by atoms with Gasteiger partial charge in [-0.3, -0.25) is 14.3 Å². The first-order valence-corrected chi connectivity index (χ1v) is 7.51. The molecule has 0 saturated heterocycles. The number of amides is 1. The van der Waals surface area contributed by atoms with E-state index in [9.17, 15) is 14.7 Å². The molecule has 0 bridgehead atoms. The standard InChI is InChI=1S/C14H22N4O3/c19-13(7-4-8-18-10-15-9-16-18)17-12-6-3-1-2-5-11(12)14(20)21/h9-12H,1-8H2,(H,17,19)(H,20,21)/t11-,12-/m0/s1. The molecular formula is C14H22N4O3. The third kappa shape index (κ3) is 4.84. The molecule has 2 atom stereocenters. The Morgan fingerprint density at radius 3 is 2.81 bits per heavy atom. The van der Waals surface area contributed by atoms with Crippen molar-refractivity contribution in [1.29, 1.82) is 0 Å². The van der Waals surface area contributed by atoms with E-state index in [4.69, 9.17) is 0 Å². The minimum absolute atomic E-state index is 0.0757.